The number of phenolic OH excluding ortho intramolecular Hbond substituents is 1. The van der Waals surface area contributed by atoms with E-state index in [0.717, 1.165) is 26.0 Å². The van der Waals surface area contributed by atoms with E-state index in [-0.39, 0.29) is 0 Å². The lowest BCUT2D eigenvalue weighted by molar-refractivity contribution is -0.00826. The van der Waals surface area contributed by atoms with Crippen LogP contribution in [0.1, 0.15) is 42.9 Å². The van der Waals surface area contributed by atoms with E-state index < -0.39 is 0 Å². The van der Waals surface area contributed by atoms with Crippen molar-refractivity contribution in [2.45, 2.75) is 44.2 Å². The summed E-state index contributed by atoms with van der Waals surface area (Å²) >= 11 is 0. The number of aryl methyl sites for hydroxylation is 1. The zero-order chi connectivity index (χ0) is 13.2. The van der Waals surface area contributed by atoms with Crippen LogP contribution in [0.2, 0.25) is 0 Å². The summed E-state index contributed by atoms with van der Waals surface area (Å²) in [7, 11) is 2.20. The molecule has 2 atom stereocenters. The molecule has 1 N–H and O–H groups in total. The molecule has 3 rings (SSSR count). The van der Waals surface area contributed by atoms with Crippen LogP contribution < -0.4 is 0 Å². The minimum atomic E-state index is 0.387. The first kappa shape index (κ1) is 12.9. The standard InChI is InChI=1S/C16H23NO2/c1-17(11-14-4-2-3-9-19-14)16-8-5-12-10-13(18)6-7-15(12)16/h6-7,10,14,16,18H,2-5,8-9,11H2,1H3. The Labute approximate surface area is 115 Å². The van der Waals surface area contributed by atoms with Gasteiger partial charge < -0.3 is 9.84 Å². The second-order valence-electron chi connectivity index (χ2n) is 5.87. The van der Waals surface area contributed by atoms with Crippen LogP contribution in [0, 0.1) is 0 Å². The van der Waals surface area contributed by atoms with Crippen molar-refractivity contribution in [1.29, 1.82) is 0 Å². The molecule has 19 heavy (non-hydrogen) atoms. The molecule has 0 radical (unpaired) electrons. The monoisotopic (exact) mass is 261 g/mol. The van der Waals surface area contributed by atoms with Gasteiger partial charge in [-0.15, -0.1) is 0 Å². The fourth-order valence-corrected chi connectivity index (χ4v) is 3.44. The maximum absolute atomic E-state index is 9.55. The lowest BCUT2D eigenvalue weighted by atomic mass is 10.0. The maximum Gasteiger partial charge on any atom is 0.115 e. The van der Waals surface area contributed by atoms with Crippen LogP contribution in [-0.2, 0) is 11.2 Å². The molecule has 1 aliphatic carbocycles. The number of nitrogens with zero attached hydrogens (tertiary/aromatic N) is 1. The van der Waals surface area contributed by atoms with Gasteiger partial charge in [0.05, 0.1) is 6.10 Å². The van der Waals surface area contributed by atoms with Gasteiger partial charge in [0.1, 0.15) is 5.75 Å². The first-order valence-corrected chi connectivity index (χ1v) is 7.37. The van der Waals surface area contributed by atoms with Gasteiger partial charge in [0, 0.05) is 19.2 Å². The Morgan fingerprint density at radius 1 is 1.32 bits per heavy atom. The van der Waals surface area contributed by atoms with Crippen molar-refractivity contribution in [2.24, 2.45) is 0 Å². The molecule has 1 saturated heterocycles. The molecule has 1 heterocycles. The highest BCUT2D eigenvalue weighted by molar-refractivity contribution is 5.40. The van der Waals surface area contributed by atoms with Crippen LogP contribution >= 0.6 is 0 Å². The van der Waals surface area contributed by atoms with Crippen molar-refractivity contribution < 1.29 is 9.84 Å². The molecule has 3 heteroatoms. The maximum atomic E-state index is 9.55. The fraction of sp³-hybridized carbons (Fsp3) is 0.625. The summed E-state index contributed by atoms with van der Waals surface area (Å²) in [5.41, 5.74) is 2.69. The van der Waals surface area contributed by atoms with E-state index >= 15 is 0 Å². The van der Waals surface area contributed by atoms with Gasteiger partial charge in [-0.25, -0.2) is 0 Å². The molecule has 0 saturated carbocycles. The normalized spacial score (nSPS) is 26.6. The average molecular weight is 261 g/mol. The molecule has 0 bridgehead atoms. The topological polar surface area (TPSA) is 32.7 Å². The van der Waals surface area contributed by atoms with Crippen molar-refractivity contribution in [1.82, 2.24) is 4.90 Å². The Balaban J connectivity index is 1.67. The predicted molar refractivity (Wildman–Crippen MR) is 75.4 cm³/mol. The van der Waals surface area contributed by atoms with E-state index in [2.05, 4.69) is 18.0 Å². The average Bonchev–Trinajstić information content (AvgIpc) is 2.82. The number of benzene rings is 1. The number of hydrogen-bond donors (Lipinski definition) is 1. The fourth-order valence-electron chi connectivity index (χ4n) is 3.44. The smallest absolute Gasteiger partial charge is 0.115 e. The molecule has 0 aromatic heterocycles. The highest BCUT2D eigenvalue weighted by Gasteiger charge is 2.28. The summed E-state index contributed by atoms with van der Waals surface area (Å²) < 4.78 is 5.83. The molecule has 2 aliphatic rings. The van der Waals surface area contributed by atoms with E-state index in [1.165, 1.54) is 30.4 Å². The van der Waals surface area contributed by atoms with Crippen LogP contribution in [0.25, 0.3) is 0 Å². The number of rotatable bonds is 3. The third-order valence-electron chi connectivity index (χ3n) is 4.47. The second kappa shape index (κ2) is 5.51. The lowest BCUT2D eigenvalue weighted by Crippen LogP contribution is -2.35. The summed E-state index contributed by atoms with van der Waals surface area (Å²) in [5.74, 6) is 0.387. The van der Waals surface area contributed by atoms with E-state index in [9.17, 15) is 5.11 Å². The Morgan fingerprint density at radius 3 is 3.00 bits per heavy atom. The summed E-state index contributed by atoms with van der Waals surface area (Å²) in [6, 6.07) is 6.30. The number of fused-ring (bicyclic) bond motifs is 1. The summed E-state index contributed by atoms with van der Waals surface area (Å²) in [6.07, 6.45) is 6.34. The molecule has 1 aliphatic heterocycles. The molecule has 2 unspecified atom stereocenters. The minimum Gasteiger partial charge on any atom is -0.508 e. The second-order valence-corrected chi connectivity index (χ2v) is 5.87. The third kappa shape index (κ3) is 2.77. The van der Waals surface area contributed by atoms with Gasteiger partial charge in [-0.1, -0.05) is 6.07 Å². The zero-order valence-electron chi connectivity index (χ0n) is 11.6. The Bertz CT molecular complexity index is 440. The molecular weight excluding hydrogens is 238 g/mol. The Hall–Kier alpha value is -1.06. The first-order chi connectivity index (χ1) is 9.24. The molecule has 1 fully saturated rings. The quantitative estimate of drug-likeness (QED) is 0.908. The van der Waals surface area contributed by atoms with Crippen LogP contribution in [0.3, 0.4) is 0 Å². The first-order valence-electron chi connectivity index (χ1n) is 7.37. The SMILES string of the molecule is CN(CC1CCCCO1)C1CCc2cc(O)ccc21. The van der Waals surface area contributed by atoms with Gasteiger partial charge in [0.25, 0.3) is 0 Å². The molecule has 1 aromatic carbocycles. The van der Waals surface area contributed by atoms with Crippen LogP contribution in [-0.4, -0.2) is 36.3 Å². The molecular formula is C16H23NO2. The van der Waals surface area contributed by atoms with E-state index in [1.54, 1.807) is 0 Å². The number of hydrogen-bond acceptors (Lipinski definition) is 3. The highest BCUT2D eigenvalue weighted by atomic mass is 16.5. The molecule has 104 valence electrons. The summed E-state index contributed by atoms with van der Waals surface area (Å²) in [4.78, 5) is 2.43. The van der Waals surface area contributed by atoms with Crippen LogP contribution in [0.15, 0.2) is 18.2 Å². The van der Waals surface area contributed by atoms with Gasteiger partial charge in [0.15, 0.2) is 0 Å². The van der Waals surface area contributed by atoms with Crippen molar-refractivity contribution >= 4 is 0 Å². The summed E-state index contributed by atoms with van der Waals surface area (Å²) in [6.45, 7) is 1.94. The predicted octanol–water partition coefficient (Wildman–Crippen LogP) is 2.88. The highest BCUT2D eigenvalue weighted by Crippen LogP contribution is 2.37. The van der Waals surface area contributed by atoms with Crippen molar-refractivity contribution in [3.8, 4) is 5.75 Å². The number of aromatic hydroxyl groups is 1. The van der Waals surface area contributed by atoms with E-state index in [4.69, 9.17) is 4.74 Å². The Kier molecular flexibility index (Phi) is 3.76. The van der Waals surface area contributed by atoms with Crippen molar-refractivity contribution in [2.75, 3.05) is 20.2 Å². The van der Waals surface area contributed by atoms with Crippen LogP contribution in [0.4, 0.5) is 0 Å². The van der Waals surface area contributed by atoms with Gasteiger partial charge >= 0.3 is 0 Å². The van der Waals surface area contributed by atoms with Gasteiger partial charge in [-0.05, 0) is 62.4 Å². The number of ether oxygens (including phenoxy) is 1. The lowest BCUT2D eigenvalue weighted by Gasteiger charge is -2.31. The largest absolute Gasteiger partial charge is 0.508 e. The number of likely N-dealkylation sites (N-methyl/N-ethyl adjacent to an activating group) is 1. The zero-order valence-corrected chi connectivity index (χ0v) is 11.6. The summed E-state index contributed by atoms with van der Waals surface area (Å²) in [5, 5.41) is 9.55. The van der Waals surface area contributed by atoms with Crippen molar-refractivity contribution in [3.05, 3.63) is 29.3 Å². The van der Waals surface area contributed by atoms with Crippen molar-refractivity contribution in [3.63, 3.8) is 0 Å². The molecule has 3 nitrogen and oxygen atoms in total. The Morgan fingerprint density at radius 2 is 2.21 bits per heavy atom. The van der Waals surface area contributed by atoms with Gasteiger partial charge in [-0.2, -0.15) is 0 Å². The van der Waals surface area contributed by atoms with E-state index in [1.807, 2.05) is 12.1 Å². The minimum absolute atomic E-state index is 0.387. The number of phenols is 1. The third-order valence-corrected chi connectivity index (χ3v) is 4.47. The van der Waals surface area contributed by atoms with Gasteiger partial charge in [0.2, 0.25) is 0 Å². The van der Waals surface area contributed by atoms with Crippen LogP contribution in [0.5, 0.6) is 5.75 Å². The molecule has 0 amide bonds. The molecule has 1 aromatic rings. The van der Waals surface area contributed by atoms with E-state index in [0.29, 0.717) is 17.9 Å². The van der Waals surface area contributed by atoms with Gasteiger partial charge in [-0.3, -0.25) is 4.90 Å². The molecule has 0 spiro atoms.